The normalized spacial score (nSPS) is 14.5. The molecule has 0 saturated carbocycles. The zero-order valence-corrected chi connectivity index (χ0v) is 9.41. The highest BCUT2D eigenvalue weighted by Gasteiger charge is 2.22. The molecule has 2 aromatic rings. The number of aryl methyl sites for hydroxylation is 2. The van der Waals surface area contributed by atoms with Crippen LogP contribution in [0.15, 0.2) is 18.2 Å². The molecule has 0 aliphatic carbocycles. The van der Waals surface area contributed by atoms with Crippen molar-refractivity contribution < 1.29 is 9.53 Å². The van der Waals surface area contributed by atoms with Gasteiger partial charge in [-0.1, -0.05) is 0 Å². The number of carbonyl (C=O) groups is 1. The number of methoxy groups -OCH3 is 1. The molecule has 0 fully saturated rings. The molecule has 0 saturated heterocycles. The third kappa shape index (κ3) is 1.11. The van der Waals surface area contributed by atoms with Crippen LogP contribution in [0.2, 0.25) is 0 Å². The summed E-state index contributed by atoms with van der Waals surface area (Å²) in [5.74, 6) is 1.12. The molecule has 1 aromatic heterocycles. The molecule has 0 spiro atoms. The first-order chi connectivity index (χ1) is 7.70. The van der Waals surface area contributed by atoms with E-state index < -0.39 is 0 Å². The van der Waals surface area contributed by atoms with Crippen LogP contribution < -0.4 is 4.74 Å². The lowest BCUT2D eigenvalue weighted by atomic mass is 10.1. The summed E-state index contributed by atoms with van der Waals surface area (Å²) in [5.41, 5.74) is 3.08. The number of hydrogen-bond donors (Lipinski definition) is 0. The van der Waals surface area contributed by atoms with Gasteiger partial charge in [0.1, 0.15) is 5.75 Å². The Kier molecular flexibility index (Phi) is 1.84. The van der Waals surface area contributed by atoms with E-state index in [1.807, 2.05) is 19.1 Å². The molecular weight excluding hydrogens is 202 g/mol. The lowest BCUT2D eigenvalue weighted by molar-refractivity contribution is 0.0994. The van der Waals surface area contributed by atoms with Crippen LogP contribution >= 0.6 is 0 Å². The Morgan fingerprint density at radius 2 is 2.12 bits per heavy atom. The standard InChI is InChI=1S/C13H13NO2/c1-8-5-10-9(7-13(8)16-2)6-11-12(15)3-4-14(10)11/h5-7H,3-4H2,1-2H3. The van der Waals surface area contributed by atoms with Gasteiger partial charge in [0, 0.05) is 23.9 Å². The molecule has 1 aromatic carbocycles. The number of hydrogen-bond acceptors (Lipinski definition) is 2. The highest BCUT2D eigenvalue weighted by atomic mass is 16.5. The fourth-order valence-electron chi connectivity index (χ4n) is 2.43. The number of rotatable bonds is 1. The van der Waals surface area contributed by atoms with E-state index in [4.69, 9.17) is 4.74 Å². The predicted molar refractivity (Wildman–Crippen MR) is 62.2 cm³/mol. The minimum Gasteiger partial charge on any atom is -0.496 e. The SMILES string of the molecule is COc1cc2cc3n(c2cc1C)CCC3=O. The second-order valence-electron chi connectivity index (χ2n) is 4.24. The molecular formula is C13H13NO2. The van der Waals surface area contributed by atoms with Crippen molar-refractivity contribution in [2.45, 2.75) is 19.9 Å². The van der Waals surface area contributed by atoms with Crippen molar-refractivity contribution in [1.82, 2.24) is 4.57 Å². The number of fused-ring (bicyclic) bond motifs is 3. The van der Waals surface area contributed by atoms with Crippen molar-refractivity contribution in [2.24, 2.45) is 0 Å². The molecule has 0 unspecified atom stereocenters. The maximum Gasteiger partial charge on any atom is 0.181 e. The van der Waals surface area contributed by atoms with E-state index in [-0.39, 0.29) is 5.78 Å². The maximum absolute atomic E-state index is 11.6. The van der Waals surface area contributed by atoms with Gasteiger partial charge in [-0.05, 0) is 30.7 Å². The molecule has 1 aliphatic rings. The van der Waals surface area contributed by atoms with Gasteiger partial charge in [0.25, 0.3) is 0 Å². The van der Waals surface area contributed by atoms with Crippen molar-refractivity contribution in [1.29, 1.82) is 0 Å². The molecule has 0 amide bonds. The van der Waals surface area contributed by atoms with E-state index in [0.717, 1.165) is 34.5 Å². The van der Waals surface area contributed by atoms with Gasteiger partial charge in [-0.2, -0.15) is 0 Å². The molecule has 0 atom stereocenters. The number of ketones is 1. The predicted octanol–water partition coefficient (Wildman–Crippen LogP) is 2.54. The Hall–Kier alpha value is -1.77. The van der Waals surface area contributed by atoms with Crippen LogP contribution in [0, 0.1) is 6.92 Å². The van der Waals surface area contributed by atoms with E-state index in [9.17, 15) is 4.79 Å². The molecule has 3 heteroatoms. The first-order valence-electron chi connectivity index (χ1n) is 5.42. The van der Waals surface area contributed by atoms with Gasteiger partial charge in [-0.3, -0.25) is 4.79 Å². The number of ether oxygens (including phenoxy) is 1. The molecule has 0 bridgehead atoms. The molecule has 3 rings (SSSR count). The van der Waals surface area contributed by atoms with Crippen LogP contribution in [0.5, 0.6) is 5.75 Å². The fraction of sp³-hybridized carbons (Fsp3) is 0.308. The smallest absolute Gasteiger partial charge is 0.181 e. The zero-order chi connectivity index (χ0) is 11.3. The monoisotopic (exact) mass is 215 g/mol. The third-order valence-electron chi connectivity index (χ3n) is 3.27. The van der Waals surface area contributed by atoms with Gasteiger partial charge in [0.15, 0.2) is 5.78 Å². The summed E-state index contributed by atoms with van der Waals surface area (Å²) in [5, 5.41) is 1.09. The van der Waals surface area contributed by atoms with Gasteiger partial charge < -0.3 is 9.30 Å². The third-order valence-corrected chi connectivity index (χ3v) is 3.27. The van der Waals surface area contributed by atoms with E-state index in [1.54, 1.807) is 7.11 Å². The number of nitrogens with zero attached hydrogens (tertiary/aromatic N) is 1. The van der Waals surface area contributed by atoms with Crippen LogP contribution in [0.25, 0.3) is 10.9 Å². The van der Waals surface area contributed by atoms with Crippen molar-refractivity contribution in [3.05, 3.63) is 29.5 Å². The highest BCUT2D eigenvalue weighted by Crippen LogP contribution is 2.31. The molecule has 82 valence electrons. The fourth-order valence-corrected chi connectivity index (χ4v) is 2.43. The zero-order valence-electron chi connectivity index (χ0n) is 9.41. The van der Waals surface area contributed by atoms with Crippen molar-refractivity contribution in [3.63, 3.8) is 0 Å². The van der Waals surface area contributed by atoms with E-state index in [0.29, 0.717) is 6.42 Å². The average Bonchev–Trinajstić information content (AvgIpc) is 2.79. The Morgan fingerprint density at radius 3 is 2.88 bits per heavy atom. The van der Waals surface area contributed by atoms with E-state index >= 15 is 0 Å². The summed E-state index contributed by atoms with van der Waals surface area (Å²) >= 11 is 0. The topological polar surface area (TPSA) is 31.2 Å². The van der Waals surface area contributed by atoms with Gasteiger partial charge in [0.05, 0.1) is 12.8 Å². The Labute approximate surface area is 93.6 Å². The van der Waals surface area contributed by atoms with E-state index in [1.165, 1.54) is 0 Å². The molecule has 16 heavy (non-hydrogen) atoms. The van der Waals surface area contributed by atoms with Crippen molar-refractivity contribution in [2.75, 3.05) is 7.11 Å². The summed E-state index contributed by atoms with van der Waals surface area (Å²) in [4.78, 5) is 11.6. The van der Waals surface area contributed by atoms with Crippen molar-refractivity contribution >= 4 is 16.7 Å². The average molecular weight is 215 g/mol. The second-order valence-corrected chi connectivity index (χ2v) is 4.24. The number of carbonyl (C=O) groups excluding carboxylic acids is 1. The number of Topliss-reactive ketones (excluding diaryl/α,β-unsaturated/α-hetero) is 1. The molecule has 2 heterocycles. The largest absolute Gasteiger partial charge is 0.496 e. The summed E-state index contributed by atoms with van der Waals surface area (Å²) in [6.45, 7) is 2.83. The van der Waals surface area contributed by atoms with E-state index in [2.05, 4.69) is 10.6 Å². The lowest BCUT2D eigenvalue weighted by Crippen LogP contribution is -1.93. The lowest BCUT2D eigenvalue weighted by Gasteiger charge is -2.06. The van der Waals surface area contributed by atoms with Gasteiger partial charge in [-0.15, -0.1) is 0 Å². The molecule has 3 nitrogen and oxygen atoms in total. The van der Waals surface area contributed by atoms with Gasteiger partial charge in [-0.25, -0.2) is 0 Å². The van der Waals surface area contributed by atoms with Crippen LogP contribution in [-0.2, 0) is 6.54 Å². The van der Waals surface area contributed by atoms with Crippen LogP contribution in [0.4, 0.5) is 0 Å². The van der Waals surface area contributed by atoms with Crippen LogP contribution in [0.1, 0.15) is 22.5 Å². The maximum atomic E-state index is 11.6. The Bertz CT molecular complexity index is 595. The quantitative estimate of drug-likeness (QED) is 0.732. The summed E-state index contributed by atoms with van der Waals surface area (Å²) in [6, 6.07) is 6.06. The highest BCUT2D eigenvalue weighted by molar-refractivity contribution is 6.02. The molecule has 0 radical (unpaired) electrons. The van der Waals surface area contributed by atoms with Crippen LogP contribution in [-0.4, -0.2) is 17.5 Å². The summed E-state index contributed by atoms with van der Waals surface area (Å²) < 4.78 is 7.39. The van der Waals surface area contributed by atoms with Crippen molar-refractivity contribution in [3.8, 4) is 5.75 Å². The number of aromatic nitrogens is 1. The first kappa shape index (κ1) is 9.46. The van der Waals surface area contributed by atoms with Crippen LogP contribution in [0.3, 0.4) is 0 Å². The molecule has 0 N–H and O–H groups in total. The summed E-state index contributed by atoms with van der Waals surface area (Å²) in [7, 11) is 1.67. The Morgan fingerprint density at radius 1 is 1.31 bits per heavy atom. The minimum absolute atomic E-state index is 0.243. The minimum atomic E-state index is 0.243. The second kappa shape index (κ2) is 3.11. The Balaban J connectivity index is 2.33. The number of benzene rings is 1. The first-order valence-corrected chi connectivity index (χ1v) is 5.42. The van der Waals surface area contributed by atoms with Gasteiger partial charge in [0.2, 0.25) is 0 Å². The van der Waals surface area contributed by atoms with Gasteiger partial charge >= 0.3 is 0 Å². The summed E-state index contributed by atoms with van der Waals surface area (Å²) in [6.07, 6.45) is 0.635. The molecule has 1 aliphatic heterocycles.